The van der Waals surface area contributed by atoms with Crippen molar-refractivity contribution in [3.63, 3.8) is 0 Å². The van der Waals surface area contributed by atoms with Crippen molar-refractivity contribution in [3.8, 4) is 0 Å². The van der Waals surface area contributed by atoms with Gasteiger partial charge in [-0.1, -0.05) is 69.0 Å². The van der Waals surface area contributed by atoms with Crippen LogP contribution in [0, 0.1) is 18.8 Å². The minimum Gasteiger partial charge on any atom is -0.273 e. The second-order valence-electron chi connectivity index (χ2n) is 8.36. The van der Waals surface area contributed by atoms with Crippen molar-refractivity contribution >= 4 is 23.2 Å². The highest BCUT2D eigenvalue weighted by atomic mass is 16.7. The first kappa shape index (κ1) is 20.6. The highest BCUT2D eigenvalue weighted by molar-refractivity contribution is 6.23. The fourth-order valence-electron chi connectivity index (χ4n) is 4.77. The molecule has 0 aliphatic carbocycles. The fraction of sp³-hybridized carbons (Fsp3) is 0.440. The maximum atomic E-state index is 13.6. The summed E-state index contributed by atoms with van der Waals surface area (Å²) < 4.78 is 0. The summed E-state index contributed by atoms with van der Waals surface area (Å²) in [7, 11) is 0. The standard InChI is InChI=1S/C25H30N2O3/c1-4-6-10-18(5-2)22-21-23(30-27(22)20-11-8-7-9-12-20)25(29)26(24(21)28)19-15-13-17(3)14-16-19/h7-9,11-16,18,21-23H,4-6,10H2,1-3H3/t18-,21+,22+,23-/m0/s1. The zero-order valence-electron chi connectivity index (χ0n) is 18.0. The number of hydrogen-bond donors (Lipinski definition) is 0. The Balaban J connectivity index is 1.71. The molecule has 2 aliphatic heterocycles. The van der Waals surface area contributed by atoms with E-state index in [1.807, 2.05) is 66.6 Å². The molecular formula is C25H30N2O3. The van der Waals surface area contributed by atoms with Gasteiger partial charge in [-0.05, 0) is 43.5 Å². The van der Waals surface area contributed by atoms with E-state index in [0.717, 1.165) is 36.9 Å². The number of carbonyl (C=O) groups excluding carboxylic acids is 2. The zero-order chi connectivity index (χ0) is 21.3. The number of rotatable bonds is 7. The molecule has 2 amide bonds. The highest BCUT2D eigenvalue weighted by Crippen LogP contribution is 2.44. The number of hydroxylamine groups is 1. The molecule has 2 aliphatic rings. The van der Waals surface area contributed by atoms with E-state index < -0.39 is 12.0 Å². The Kier molecular flexibility index (Phi) is 5.91. The van der Waals surface area contributed by atoms with Gasteiger partial charge in [0.2, 0.25) is 5.91 Å². The van der Waals surface area contributed by atoms with Crippen LogP contribution >= 0.6 is 0 Å². The van der Waals surface area contributed by atoms with E-state index in [4.69, 9.17) is 4.84 Å². The minimum atomic E-state index is -0.764. The molecular weight excluding hydrogens is 376 g/mol. The Hall–Kier alpha value is -2.66. The molecule has 2 saturated heterocycles. The van der Waals surface area contributed by atoms with E-state index in [1.165, 1.54) is 4.90 Å². The number of nitrogens with zero attached hydrogens (tertiary/aromatic N) is 2. The number of para-hydroxylation sites is 1. The van der Waals surface area contributed by atoms with E-state index >= 15 is 0 Å². The number of anilines is 2. The number of unbranched alkanes of at least 4 members (excludes halogenated alkanes) is 1. The Bertz CT molecular complexity index is 896. The van der Waals surface area contributed by atoms with Crippen LogP contribution in [0.3, 0.4) is 0 Å². The summed E-state index contributed by atoms with van der Waals surface area (Å²) >= 11 is 0. The average molecular weight is 407 g/mol. The van der Waals surface area contributed by atoms with E-state index in [2.05, 4.69) is 13.8 Å². The van der Waals surface area contributed by atoms with Crippen LogP contribution in [0.5, 0.6) is 0 Å². The van der Waals surface area contributed by atoms with Crippen LogP contribution in [0.1, 0.15) is 45.1 Å². The molecule has 2 aromatic carbocycles. The van der Waals surface area contributed by atoms with Crippen molar-refractivity contribution in [2.24, 2.45) is 11.8 Å². The molecule has 0 N–H and O–H groups in total. The van der Waals surface area contributed by atoms with E-state index in [1.54, 1.807) is 0 Å². The molecule has 0 bridgehead atoms. The normalized spacial score (nSPS) is 24.4. The first-order valence-corrected chi connectivity index (χ1v) is 11.0. The van der Waals surface area contributed by atoms with Gasteiger partial charge in [0, 0.05) is 0 Å². The fourth-order valence-corrected chi connectivity index (χ4v) is 4.77. The maximum absolute atomic E-state index is 13.6. The number of benzene rings is 2. The molecule has 0 saturated carbocycles. The predicted octanol–water partition coefficient (Wildman–Crippen LogP) is 4.89. The van der Waals surface area contributed by atoms with Crippen LogP contribution in [0.25, 0.3) is 0 Å². The molecule has 2 fully saturated rings. The van der Waals surface area contributed by atoms with Crippen molar-refractivity contribution in [2.45, 2.75) is 58.6 Å². The number of carbonyl (C=O) groups is 2. The molecule has 2 heterocycles. The van der Waals surface area contributed by atoms with Gasteiger partial charge in [-0.2, -0.15) is 0 Å². The maximum Gasteiger partial charge on any atom is 0.266 e. The number of fused-ring (bicyclic) bond motifs is 1. The molecule has 0 radical (unpaired) electrons. The van der Waals surface area contributed by atoms with Crippen molar-refractivity contribution in [2.75, 3.05) is 9.96 Å². The summed E-state index contributed by atoms with van der Waals surface area (Å²) in [5.41, 5.74) is 2.61. The van der Waals surface area contributed by atoms with E-state index in [-0.39, 0.29) is 23.8 Å². The topological polar surface area (TPSA) is 49.9 Å². The molecule has 158 valence electrons. The molecule has 4 atom stereocenters. The summed E-state index contributed by atoms with van der Waals surface area (Å²) in [5, 5.41) is 1.85. The quantitative estimate of drug-likeness (QED) is 0.614. The first-order chi connectivity index (χ1) is 14.6. The van der Waals surface area contributed by atoms with Crippen LogP contribution in [0.15, 0.2) is 54.6 Å². The van der Waals surface area contributed by atoms with Gasteiger partial charge < -0.3 is 0 Å². The third-order valence-corrected chi connectivity index (χ3v) is 6.40. The summed E-state index contributed by atoms with van der Waals surface area (Å²) in [6.45, 7) is 6.33. The smallest absolute Gasteiger partial charge is 0.266 e. The predicted molar refractivity (Wildman–Crippen MR) is 118 cm³/mol. The Morgan fingerprint density at radius 3 is 2.27 bits per heavy atom. The summed E-state index contributed by atoms with van der Waals surface area (Å²) in [6, 6.07) is 17.2. The Morgan fingerprint density at radius 2 is 1.63 bits per heavy atom. The third-order valence-electron chi connectivity index (χ3n) is 6.40. The third kappa shape index (κ3) is 3.52. The van der Waals surface area contributed by atoms with Crippen LogP contribution < -0.4 is 9.96 Å². The van der Waals surface area contributed by atoms with Crippen LogP contribution in [-0.4, -0.2) is 24.0 Å². The van der Waals surface area contributed by atoms with Crippen molar-refractivity contribution in [1.29, 1.82) is 0 Å². The van der Waals surface area contributed by atoms with Crippen molar-refractivity contribution in [1.82, 2.24) is 0 Å². The Morgan fingerprint density at radius 1 is 0.933 bits per heavy atom. The molecule has 4 rings (SSSR count). The summed E-state index contributed by atoms with van der Waals surface area (Å²) in [5.74, 6) is -0.620. The average Bonchev–Trinajstić information content (AvgIpc) is 3.27. The molecule has 0 unspecified atom stereocenters. The van der Waals surface area contributed by atoms with Gasteiger partial charge in [-0.25, -0.2) is 9.96 Å². The van der Waals surface area contributed by atoms with E-state index in [0.29, 0.717) is 5.69 Å². The summed E-state index contributed by atoms with van der Waals surface area (Å²) in [4.78, 5) is 34.4. The van der Waals surface area contributed by atoms with Crippen molar-refractivity contribution < 1.29 is 14.4 Å². The largest absolute Gasteiger partial charge is 0.273 e. The molecule has 30 heavy (non-hydrogen) atoms. The number of aryl methyl sites for hydroxylation is 1. The minimum absolute atomic E-state index is 0.146. The van der Waals surface area contributed by atoms with E-state index in [9.17, 15) is 9.59 Å². The summed E-state index contributed by atoms with van der Waals surface area (Å²) in [6.07, 6.45) is 3.39. The second-order valence-corrected chi connectivity index (χ2v) is 8.36. The lowest BCUT2D eigenvalue weighted by Gasteiger charge is -2.33. The molecule has 5 nitrogen and oxygen atoms in total. The molecule has 5 heteroatoms. The van der Waals surface area contributed by atoms with Crippen LogP contribution in [-0.2, 0) is 14.4 Å². The van der Waals surface area contributed by atoms with Crippen LogP contribution in [0.2, 0.25) is 0 Å². The van der Waals surface area contributed by atoms with Crippen LogP contribution in [0.4, 0.5) is 11.4 Å². The van der Waals surface area contributed by atoms with Gasteiger partial charge in [0.25, 0.3) is 5.91 Å². The molecule has 0 spiro atoms. The lowest BCUT2D eigenvalue weighted by atomic mass is 9.82. The first-order valence-electron chi connectivity index (χ1n) is 11.0. The Labute approximate surface area is 178 Å². The SMILES string of the molecule is CCCC[C@H](CC)[C@@H]1[C@H]2C(=O)N(c3ccc(C)cc3)C(=O)[C@H]2ON1c1ccccc1. The number of imide groups is 1. The van der Waals surface area contributed by atoms with Gasteiger partial charge in [0.05, 0.1) is 23.3 Å². The second kappa shape index (κ2) is 8.60. The monoisotopic (exact) mass is 406 g/mol. The lowest BCUT2D eigenvalue weighted by Crippen LogP contribution is -2.44. The highest BCUT2D eigenvalue weighted by Gasteiger charge is 2.61. The van der Waals surface area contributed by atoms with Gasteiger partial charge in [0.15, 0.2) is 6.10 Å². The van der Waals surface area contributed by atoms with Gasteiger partial charge in [-0.15, -0.1) is 0 Å². The van der Waals surface area contributed by atoms with Crippen molar-refractivity contribution in [3.05, 3.63) is 60.2 Å². The zero-order valence-corrected chi connectivity index (χ0v) is 18.0. The van der Waals surface area contributed by atoms with Gasteiger partial charge in [0.1, 0.15) is 0 Å². The van der Waals surface area contributed by atoms with Gasteiger partial charge in [-0.3, -0.25) is 14.4 Å². The lowest BCUT2D eigenvalue weighted by molar-refractivity contribution is -0.126. The number of amides is 2. The van der Waals surface area contributed by atoms with Gasteiger partial charge >= 0.3 is 0 Å². The molecule has 2 aromatic rings. The molecule has 0 aromatic heterocycles. The number of hydrogen-bond acceptors (Lipinski definition) is 4.